The molecule has 3 aliphatic heterocycles. The van der Waals surface area contributed by atoms with Crippen molar-refractivity contribution in [1.29, 1.82) is 0 Å². The number of para-hydroxylation sites is 1. The lowest BCUT2D eigenvalue weighted by atomic mass is 9.76. The molecule has 9 nitrogen and oxygen atoms in total. The number of benzene rings is 2. The van der Waals surface area contributed by atoms with Crippen molar-refractivity contribution in [2.24, 2.45) is 17.6 Å². The van der Waals surface area contributed by atoms with Crippen molar-refractivity contribution in [2.75, 3.05) is 12.4 Å². The van der Waals surface area contributed by atoms with E-state index in [1.807, 2.05) is 0 Å². The zero-order valence-corrected chi connectivity index (χ0v) is 19.1. The zero-order valence-electron chi connectivity index (χ0n) is 18.3. The number of fused-ring (bicyclic) bond motifs is 4. The standard InChI is InChI=1S/C24H23ClN4O5/c1-34-13-7-5-12(6-8-13)11-29-21(31)18-16(9-10-17(26)30)28-24(19(18)22(29)32)14-3-2-4-15(25)20(14)27-23(24)33/h2-8,16,18-19,28H,9-11H2,1H3,(H2,26,30)(H,27,33)/t16-,18-,19-,24-/m0/s1. The topological polar surface area (TPSA) is 131 Å². The second-order valence-corrected chi connectivity index (χ2v) is 9.20. The van der Waals surface area contributed by atoms with Gasteiger partial charge in [-0.1, -0.05) is 35.9 Å². The van der Waals surface area contributed by atoms with Crippen LogP contribution in [0.4, 0.5) is 5.69 Å². The summed E-state index contributed by atoms with van der Waals surface area (Å²) < 4.78 is 5.17. The molecule has 5 rings (SSSR count). The number of nitrogens with one attached hydrogen (secondary N) is 2. The van der Waals surface area contributed by atoms with Gasteiger partial charge in [0.1, 0.15) is 11.3 Å². The first-order valence-electron chi connectivity index (χ1n) is 10.9. The van der Waals surface area contributed by atoms with Gasteiger partial charge in [0, 0.05) is 18.0 Å². The summed E-state index contributed by atoms with van der Waals surface area (Å²) in [5.74, 6) is -2.93. The van der Waals surface area contributed by atoms with Crippen LogP contribution in [-0.4, -0.2) is 41.7 Å². The van der Waals surface area contributed by atoms with Gasteiger partial charge in [0.15, 0.2) is 0 Å². The minimum atomic E-state index is -1.46. The van der Waals surface area contributed by atoms with Gasteiger partial charge in [-0.3, -0.25) is 29.4 Å². The number of nitrogens with zero attached hydrogens (tertiary/aromatic N) is 1. The van der Waals surface area contributed by atoms with E-state index in [0.29, 0.717) is 22.0 Å². The minimum Gasteiger partial charge on any atom is -0.497 e. The highest BCUT2D eigenvalue weighted by molar-refractivity contribution is 6.35. The Morgan fingerprint density at radius 2 is 1.88 bits per heavy atom. The van der Waals surface area contributed by atoms with Crippen molar-refractivity contribution in [1.82, 2.24) is 10.2 Å². The van der Waals surface area contributed by atoms with E-state index in [-0.39, 0.29) is 25.3 Å². The van der Waals surface area contributed by atoms with Gasteiger partial charge in [-0.05, 0) is 30.2 Å². The first-order valence-corrected chi connectivity index (χ1v) is 11.3. The van der Waals surface area contributed by atoms with E-state index in [9.17, 15) is 19.2 Å². The van der Waals surface area contributed by atoms with E-state index in [1.54, 1.807) is 49.6 Å². The number of likely N-dealkylation sites (tertiary alicyclic amines) is 1. The molecule has 4 N–H and O–H groups in total. The number of anilines is 1. The average molecular weight is 483 g/mol. The van der Waals surface area contributed by atoms with Crippen LogP contribution in [0.1, 0.15) is 24.0 Å². The molecule has 4 amide bonds. The fourth-order valence-electron chi connectivity index (χ4n) is 5.47. The average Bonchev–Trinajstić information content (AvgIpc) is 3.40. The number of carbonyl (C=O) groups excluding carboxylic acids is 4. The van der Waals surface area contributed by atoms with Gasteiger partial charge in [0.2, 0.25) is 23.6 Å². The number of primary amides is 1. The molecule has 0 aromatic heterocycles. The Hall–Kier alpha value is -3.43. The third kappa shape index (κ3) is 3.19. The van der Waals surface area contributed by atoms with Crippen molar-refractivity contribution >= 4 is 40.9 Å². The summed E-state index contributed by atoms with van der Waals surface area (Å²) in [5.41, 5.74) is 5.58. The fraction of sp³-hybridized carbons (Fsp3) is 0.333. The quantitative estimate of drug-likeness (QED) is 0.535. The smallest absolute Gasteiger partial charge is 0.250 e. The van der Waals surface area contributed by atoms with Crippen LogP contribution in [0.3, 0.4) is 0 Å². The molecule has 2 saturated heterocycles. The van der Waals surface area contributed by atoms with E-state index in [2.05, 4.69) is 10.6 Å². The Kier molecular flexibility index (Phi) is 5.33. The van der Waals surface area contributed by atoms with E-state index >= 15 is 0 Å². The fourth-order valence-corrected chi connectivity index (χ4v) is 5.69. The van der Waals surface area contributed by atoms with Crippen LogP contribution in [0.25, 0.3) is 0 Å². The van der Waals surface area contributed by atoms with Crippen LogP contribution in [0.5, 0.6) is 5.75 Å². The molecule has 0 saturated carbocycles. The summed E-state index contributed by atoms with van der Waals surface area (Å²) in [6.07, 6.45) is 0.234. The first kappa shape index (κ1) is 22.4. The molecule has 2 fully saturated rings. The third-order valence-corrected chi connectivity index (χ3v) is 7.31. The molecule has 4 atom stereocenters. The summed E-state index contributed by atoms with van der Waals surface area (Å²) in [6.45, 7) is 0.0668. The van der Waals surface area contributed by atoms with Crippen LogP contribution in [0, 0.1) is 11.8 Å². The Balaban J connectivity index is 1.56. The molecule has 2 aromatic rings. The number of rotatable bonds is 6. The second-order valence-electron chi connectivity index (χ2n) is 8.79. The minimum absolute atomic E-state index is 0.0148. The molecule has 176 valence electrons. The van der Waals surface area contributed by atoms with Crippen molar-refractivity contribution in [3.05, 3.63) is 58.6 Å². The Bertz CT molecular complexity index is 1220. The summed E-state index contributed by atoms with van der Waals surface area (Å²) in [6, 6.07) is 11.5. The highest BCUT2D eigenvalue weighted by Gasteiger charge is 2.70. The second kappa shape index (κ2) is 8.11. The molecule has 34 heavy (non-hydrogen) atoms. The molecule has 1 spiro atoms. The summed E-state index contributed by atoms with van der Waals surface area (Å²) >= 11 is 6.33. The monoisotopic (exact) mass is 482 g/mol. The Morgan fingerprint density at radius 1 is 1.15 bits per heavy atom. The number of amides is 4. The van der Waals surface area contributed by atoms with E-state index in [0.717, 1.165) is 5.56 Å². The molecule has 0 bridgehead atoms. The predicted molar refractivity (Wildman–Crippen MR) is 123 cm³/mol. The number of hydrogen-bond acceptors (Lipinski definition) is 6. The number of hydrogen-bond donors (Lipinski definition) is 3. The molecule has 2 aromatic carbocycles. The zero-order chi connectivity index (χ0) is 24.2. The molecule has 3 aliphatic rings. The lowest BCUT2D eigenvalue weighted by molar-refractivity contribution is -0.143. The molecule has 0 aliphatic carbocycles. The number of methoxy groups -OCH3 is 1. The van der Waals surface area contributed by atoms with Gasteiger partial charge in [-0.25, -0.2) is 0 Å². The van der Waals surface area contributed by atoms with Gasteiger partial charge < -0.3 is 15.8 Å². The summed E-state index contributed by atoms with van der Waals surface area (Å²) in [4.78, 5) is 53.4. The van der Waals surface area contributed by atoms with E-state index < -0.39 is 41.1 Å². The maximum Gasteiger partial charge on any atom is 0.250 e. The number of ether oxygens (including phenoxy) is 1. The van der Waals surface area contributed by atoms with Crippen LogP contribution >= 0.6 is 11.6 Å². The predicted octanol–water partition coefficient (Wildman–Crippen LogP) is 1.53. The molecule has 0 radical (unpaired) electrons. The highest BCUT2D eigenvalue weighted by atomic mass is 35.5. The van der Waals surface area contributed by atoms with Crippen molar-refractivity contribution in [3.63, 3.8) is 0 Å². The molecular weight excluding hydrogens is 460 g/mol. The Labute approximate surface area is 200 Å². The van der Waals surface area contributed by atoms with Crippen molar-refractivity contribution in [2.45, 2.75) is 31.0 Å². The largest absolute Gasteiger partial charge is 0.497 e. The summed E-state index contributed by atoms with van der Waals surface area (Å²) in [7, 11) is 1.55. The number of nitrogens with two attached hydrogens (primary N) is 1. The van der Waals surface area contributed by atoms with E-state index in [4.69, 9.17) is 22.1 Å². The molecule has 10 heteroatoms. The summed E-state index contributed by atoms with van der Waals surface area (Å²) in [5, 5.41) is 6.38. The number of carbonyl (C=O) groups is 4. The highest BCUT2D eigenvalue weighted by Crippen LogP contribution is 2.54. The molecule has 3 heterocycles. The van der Waals surface area contributed by atoms with Crippen LogP contribution < -0.4 is 21.1 Å². The first-order chi connectivity index (χ1) is 16.3. The normalized spacial score (nSPS) is 27.2. The van der Waals surface area contributed by atoms with Crippen LogP contribution in [-0.2, 0) is 31.3 Å². The van der Waals surface area contributed by atoms with Crippen molar-refractivity contribution in [3.8, 4) is 5.75 Å². The maximum absolute atomic E-state index is 13.7. The lowest BCUT2D eigenvalue weighted by Gasteiger charge is -2.29. The number of halogens is 1. The van der Waals surface area contributed by atoms with Gasteiger partial charge in [-0.2, -0.15) is 0 Å². The maximum atomic E-state index is 13.7. The SMILES string of the molecule is COc1ccc(CN2C(=O)[C@H]3[C@H](CCC(N)=O)N[C@]4(C(=O)Nc5c(Cl)cccc54)[C@@H]3C2=O)cc1. The molecular formula is C24H23ClN4O5. The molecule has 0 unspecified atom stereocenters. The van der Waals surface area contributed by atoms with Crippen molar-refractivity contribution < 1.29 is 23.9 Å². The van der Waals surface area contributed by atoms with Gasteiger partial charge in [0.25, 0.3) is 0 Å². The van der Waals surface area contributed by atoms with Crippen LogP contribution in [0.15, 0.2) is 42.5 Å². The van der Waals surface area contributed by atoms with Gasteiger partial charge >= 0.3 is 0 Å². The third-order valence-electron chi connectivity index (χ3n) is 6.99. The lowest BCUT2D eigenvalue weighted by Crippen LogP contribution is -2.53. The van der Waals surface area contributed by atoms with E-state index in [1.165, 1.54) is 4.90 Å². The Morgan fingerprint density at radius 3 is 2.56 bits per heavy atom. The van der Waals surface area contributed by atoms with Gasteiger partial charge in [0.05, 0.1) is 36.2 Å². The van der Waals surface area contributed by atoms with Gasteiger partial charge in [-0.15, -0.1) is 0 Å². The number of imide groups is 1. The van der Waals surface area contributed by atoms with Crippen LogP contribution in [0.2, 0.25) is 5.02 Å².